The van der Waals surface area contributed by atoms with Crippen LogP contribution >= 0.6 is 0 Å². The number of nitrogens with zero attached hydrogens (tertiary/aromatic N) is 6. The molecule has 0 saturated carbocycles. The van der Waals surface area contributed by atoms with Crippen molar-refractivity contribution < 1.29 is 0 Å². The van der Waals surface area contributed by atoms with Gasteiger partial charge in [0, 0.05) is 11.1 Å². The lowest BCUT2D eigenvalue weighted by molar-refractivity contribution is 0.568. The van der Waals surface area contributed by atoms with E-state index in [9.17, 15) is 0 Å². The van der Waals surface area contributed by atoms with E-state index in [0.717, 1.165) is 39.8 Å². The summed E-state index contributed by atoms with van der Waals surface area (Å²) in [6, 6.07) is 58.0. The Bertz CT molecular complexity index is 5550. The lowest BCUT2D eigenvalue weighted by atomic mass is 9.76. The summed E-state index contributed by atoms with van der Waals surface area (Å²) in [5, 5.41) is 25.5. The molecule has 0 radical (unpaired) electrons. The van der Waals surface area contributed by atoms with Gasteiger partial charge in [-0.25, -0.2) is 29.9 Å². The molecule has 438 valence electrons. The number of fused-ring (bicyclic) bond motifs is 12. The van der Waals surface area contributed by atoms with Crippen molar-refractivity contribution >= 4 is 108 Å². The van der Waals surface area contributed by atoms with Crippen molar-refractivity contribution in [3.05, 3.63) is 191 Å². The van der Waals surface area contributed by atoms with Crippen LogP contribution in [0.5, 0.6) is 0 Å². The van der Waals surface area contributed by atoms with Crippen molar-refractivity contribution in [1.82, 2.24) is 29.9 Å². The van der Waals surface area contributed by atoms with Crippen LogP contribution in [0, 0.1) is 27.7 Å². The Kier molecular flexibility index (Phi) is 11.0. The second kappa shape index (κ2) is 18.1. The largest absolute Gasteiger partial charge is 0.219 e. The van der Waals surface area contributed by atoms with Crippen molar-refractivity contribution in [2.75, 3.05) is 0 Å². The lowest BCUT2D eigenvalue weighted by Crippen LogP contribution is -2.16. The molecular weight excluding hydrogens is 1090 g/mol. The maximum atomic E-state index is 4.93. The Morgan fingerprint density at radius 2 is 0.578 bits per heavy atom. The third-order valence-corrected chi connectivity index (χ3v) is 20.2. The van der Waals surface area contributed by atoms with Crippen LogP contribution in [-0.4, -0.2) is 29.9 Å². The zero-order chi connectivity index (χ0) is 62.3. The molecule has 1 aliphatic rings. The second-order valence-electron chi connectivity index (χ2n) is 30.3. The predicted octanol–water partition coefficient (Wildman–Crippen LogP) is 22.6. The molecule has 0 spiro atoms. The number of aromatic nitrogens is 6. The molecule has 0 bridgehead atoms. The Labute approximate surface area is 525 Å². The highest BCUT2D eigenvalue weighted by atomic mass is 15.0. The fourth-order valence-corrected chi connectivity index (χ4v) is 15.8. The molecule has 0 amide bonds. The number of aryl methyl sites for hydroxylation is 4. The van der Waals surface area contributed by atoms with Gasteiger partial charge in [-0.05, 0) is 248 Å². The minimum atomic E-state index is -0.118. The summed E-state index contributed by atoms with van der Waals surface area (Å²) < 4.78 is 0. The Balaban J connectivity index is 1.05. The molecule has 2 aromatic heterocycles. The maximum absolute atomic E-state index is 4.93. The van der Waals surface area contributed by atoms with Crippen LogP contribution in [0.3, 0.4) is 0 Å². The molecule has 0 saturated heterocycles. The topological polar surface area (TPSA) is 77.3 Å². The Morgan fingerprint density at radius 1 is 0.222 bits per heavy atom. The molecule has 2 heterocycles. The summed E-state index contributed by atoms with van der Waals surface area (Å²) in [6.45, 7) is 36.3. The molecule has 17 rings (SSSR count). The molecule has 0 N–H and O–H groups in total. The van der Waals surface area contributed by atoms with Crippen LogP contribution in [0.15, 0.2) is 146 Å². The summed E-state index contributed by atoms with van der Waals surface area (Å²) >= 11 is 0. The number of hydrogen-bond donors (Lipinski definition) is 0. The molecule has 1 aliphatic carbocycles. The Hall–Kier alpha value is -9.52. The van der Waals surface area contributed by atoms with Gasteiger partial charge in [-0.15, -0.1) is 0 Å². The standard InChI is InChI=1S/C84H72N6/c1-41-85-42(2)88-79(87-41)45-20-21-52-55-22-23-56-58-27-30-63-76-64(31-28-59(75(58)76)57-24-25-61(65(52)36-45)73(55)74(56)57)78-71(47-34-50(83(11,12)13)38-51(35-47)84(14,15)16)69-40-67-60-26-29-62(80-89-43(3)86-44(4)90-80)53-18-17-19-54(72(53)60)66(67)39-68(69)70(77(63)78)46-32-48(81(5,6)7)37-49(33-46)82(8,9)10/h17-40H,1-16H3. The van der Waals surface area contributed by atoms with Gasteiger partial charge in [-0.2, -0.15) is 0 Å². The van der Waals surface area contributed by atoms with Crippen LogP contribution in [-0.2, 0) is 21.7 Å². The first kappa shape index (κ1) is 54.6. The molecule has 0 unspecified atom stereocenters. The van der Waals surface area contributed by atoms with Crippen LogP contribution in [0.25, 0.3) is 175 Å². The van der Waals surface area contributed by atoms with Gasteiger partial charge in [0.1, 0.15) is 23.3 Å². The van der Waals surface area contributed by atoms with Gasteiger partial charge in [0.05, 0.1) is 0 Å². The first-order valence-corrected chi connectivity index (χ1v) is 32.1. The first-order valence-electron chi connectivity index (χ1n) is 32.1. The normalized spacial score (nSPS) is 13.3. The SMILES string of the molecule is Cc1nc(C)nc(-c2ccc3c(c2)-c2ccc4c5ccc6c7c(-c8cc(C(C)(C)C)cc(C(C)(C)C)c8)c8cc9c(cc8c(-c8cc(C(C)(C)C)cc(C(C)(C)C)c8)c7c7ccc(c8ccc-3c2c84)c5c76)c2cccc3c(-c4nc(C)nc(C)n4)ccc9c32)n1. The first-order chi connectivity index (χ1) is 42.8. The van der Waals surface area contributed by atoms with Crippen LogP contribution in [0.1, 0.15) is 129 Å². The van der Waals surface area contributed by atoms with E-state index in [2.05, 4.69) is 239 Å². The fourth-order valence-electron chi connectivity index (χ4n) is 15.8. The third kappa shape index (κ3) is 7.75. The van der Waals surface area contributed by atoms with Crippen LogP contribution in [0.4, 0.5) is 0 Å². The summed E-state index contributed by atoms with van der Waals surface area (Å²) in [5.41, 5.74) is 17.0. The molecule has 0 atom stereocenters. The highest BCUT2D eigenvalue weighted by Crippen LogP contribution is 2.58. The van der Waals surface area contributed by atoms with E-state index in [0.29, 0.717) is 11.6 Å². The molecule has 90 heavy (non-hydrogen) atoms. The van der Waals surface area contributed by atoms with Gasteiger partial charge in [-0.3, -0.25) is 0 Å². The predicted molar refractivity (Wildman–Crippen MR) is 382 cm³/mol. The van der Waals surface area contributed by atoms with E-state index in [1.54, 1.807) is 0 Å². The quantitative estimate of drug-likeness (QED) is 0.129. The maximum Gasteiger partial charge on any atom is 0.163 e. The van der Waals surface area contributed by atoms with E-state index in [1.807, 2.05) is 27.7 Å². The van der Waals surface area contributed by atoms with Crippen molar-refractivity contribution in [3.8, 4) is 67.3 Å². The van der Waals surface area contributed by atoms with Gasteiger partial charge in [0.2, 0.25) is 0 Å². The van der Waals surface area contributed by atoms with E-state index in [4.69, 9.17) is 19.9 Å². The van der Waals surface area contributed by atoms with Crippen LogP contribution < -0.4 is 0 Å². The molecule has 14 aromatic carbocycles. The molecule has 0 fully saturated rings. The van der Waals surface area contributed by atoms with Gasteiger partial charge in [0.15, 0.2) is 11.6 Å². The number of hydrogen-bond acceptors (Lipinski definition) is 6. The highest BCUT2D eigenvalue weighted by Gasteiger charge is 2.33. The minimum absolute atomic E-state index is 0.118. The molecule has 6 nitrogen and oxygen atoms in total. The summed E-state index contributed by atoms with van der Waals surface area (Å²) in [7, 11) is 0. The average Bonchev–Trinajstić information content (AvgIpc) is 1.48. The monoisotopic (exact) mass is 1160 g/mol. The zero-order valence-corrected chi connectivity index (χ0v) is 54.5. The van der Waals surface area contributed by atoms with Crippen molar-refractivity contribution in [3.63, 3.8) is 0 Å². The molecule has 6 heteroatoms. The highest BCUT2D eigenvalue weighted by molar-refractivity contribution is 6.47. The molecular formula is C84H72N6. The van der Waals surface area contributed by atoms with Crippen molar-refractivity contribution in [2.24, 2.45) is 0 Å². The number of rotatable bonds is 4. The van der Waals surface area contributed by atoms with Crippen LogP contribution in [0.2, 0.25) is 0 Å². The third-order valence-electron chi connectivity index (χ3n) is 20.2. The smallest absolute Gasteiger partial charge is 0.163 e. The summed E-state index contributed by atoms with van der Waals surface area (Å²) in [5.74, 6) is 4.32. The average molecular weight is 1170 g/mol. The van der Waals surface area contributed by atoms with Crippen molar-refractivity contribution in [1.29, 1.82) is 0 Å². The lowest BCUT2D eigenvalue weighted by Gasteiger charge is -2.28. The van der Waals surface area contributed by atoms with Crippen molar-refractivity contribution in [2.45, 2.75) is 132 Å². The summed E-state index contributed by atoms with van der Waals surface area (Å²) in [4.78, 5) is 28.5. The second-order valence-corrected chi connectivity index (χ2v) is 30.3. The fraction of sp³-hybridized carbons (Fsp3) is 0.238. The van der Waals surface area contributed by atoms with Gasteiger partial charge >= 0.3 is 0 Å². The van der Waals surface area contributed by atoms with Gasteiger partial charge in [0.25, 0.3) is 0 Å². The molecule has 0 aliphatic heterocycles. The van der Waals surface area contributed by atoms with Gasteiger partial charge < -0.3 is 0 Å². The van der Waals surface area contributed by atoms with E-state index < -0.39 is 0 Å². The van der Waals surface area contributed by atoms with E-state index in [1.165, 1.54) is 169 Å². The summed E-state index contributed by atoms with van der Waals surface area (Å²) in [6.07, 6.45) is 0. The van der Waals surface area contributed by atoms with Gasteiger partial charge in [-0.1, -0.05) is 204 Å². The van der Waals surface area contributed by atoms with E-state index >= 15 is 0 Å². The Morgan fingerprint density at radius 3 is 1.04 bits per heavy atom. The van der Waals surface area contributed by atoms with E-state index in [-0.39, 0.29) is 21.7 Å². The number of benzene rings is 12. The molecule has 16 aromatic rings. The zero-order valence-electron chi connectivity index (χ0n) is 54.5. The minimum Gasteiger partial charge on any atom is -0.219 e.